The molecule has 11 nitrogen and oxygen atoms in total. The van der Waals surface area contributed by atoms with E-state index in [1.165, 1.54) is 44.4 Å². The zero-order chi connectivity index (χ0) is 31.7. The van der Waals surface area contributed by atoms with E-state index in [4.69, 9.17) is 13.6 Å². The molecule has 1 aliphatic carbocycles. The molecule has 4 rings (SSSR count). The maximum atomic E-state index is 15.0. The molecule has 0 radical (unpaired) electrons. The lowest BCUT2D eigenvalue weighted by Crippen LogP contribution is -2.32. The van der Waals surface area contributed by atoms with Crippen LogP contribution in [-0.2, 0) is 17.2 Å². The fraction of sp³-hybridized carbons (Fsp3) is 0.308. The zero-order valence-electron chi connectivity index (χ0n) is 24.7. The number of hydrogen-bond donors (Lipinski definition) is 4. The Hall–Kier alpha value is -3.37. The van der Waals surface area contributed by atoms with Crippen LogP contribution in [-0.4, -0.2) is 38.6 Å². The Morgan fingerprint density at radius 1 is 1.23 bits per heavy atom. The number of ether oxygens (including phenoxy) is 2. The first-order valence-electron chi connectivity index (χ1n) is 13.6. The van der Waals surface area contributed by atoms with E-state index in [2.05, 4.69) is 20.1 Å². The minimum absolute atomic E-state index is 0.0160. The van der Waals surface area contributed by atoms with Crippen molar-refractivity contribution in [1.82, 2.24) is 14.6 Å². The van der Waals surface area contributed by atoms with Crippen molar-refractivity contribution in [3.05, 3.63) is 67.3 Å². The summed E-state index contributed by atoms with van der Waals surface area (Å²) < 4.78 is 81.1. The predicted molar refractivity (Wildman–Crippen MR) is 159 cm³/mol. The molecule has 0 saturated heterocycles. The quantitative estimate of drug-likeness (QED) is 0.222. The van der Waals surface area contributed by atoms with Gasteiger partial charge in [0.05, 0.1) is 24.0 Å². The highest BCUT2D eigenvalue weighted by Crippen LogP contribution is 2.41. The van der Waals surface area contributed by atoms with Gasteiger partial charge in [0.25, 0.3) is 21.7 Å². The van der Waals surface area contributed by atoms with Crippen molar-refractivity contribution >= 4 is 55.9 Å². The maximum absolute atomic E-state index is 15.0. The Kier molecular flexibility index (Phi) is 7.69. The van der Waals surface area contributed by atoms with Crippen molar-refractivity contribution in [2.75, 3.05) is 23.7 Å². The highest BCUT2D eigenvalue weighted by molar-refractivity contribution is 14.1. The Bertz CT molecular complexity index is 1730. The van der Waals surface area contributed by atoms with Gasteiger partial charge in [-0.2, -0.15) is 13.1 Å². The van der Waals surface area contributed by atoms with Crippen LogP contribution in [0.4, 0.5) is 21.6 Å². The van der Waals surface area contributed by atoms with E-state index < -0.39 is 40.3 Å². The molecule has 1 aliphatic rings. The van der Waals surface area contributed by atoms with Crippen molar-refractivity contribution in [3.63, 3.8) is 0 Å². The number of pyridine rings is 1. The lowest BCUT2D eigenvalue weighted by molar-refractivity contribution is 0.0948. The van der Waals surface area contributed by atoms with Gasteiger partial charge in [0.2, 0.25) is 0 Å². The van der Waals surface area contributed by atoms with Gasteiger partial charge in [-0.25, -0.2) is 4.39 Å². The summed E-state index contributed by atoms with van der Waals surface area (Å²) in [5.74, 6) is -2.56. The monoisotopic (exact) mass is 688 g/mol. The van der Waals surface area contributed by atoms with Crippen LogP contribution < -0.4 is 35.1 Å². The van der Waals surface area contributed by atoms with E-state index >= 15 is 0 Å². The Morgan fingerprint density at radius 3 is 2.60 bits per heavy atom. The summed E-state index contributed by atoms with van der Waals surface area (Å²) in [5, 5.41) is 5.42. The SMILES string of the molecule is [2H]C([2H])([2H])n1c(Nc2ccc(I)cc2F)c(C(=O)NC2CC2)c(Oc2cccc(NS(=O)(=O)NCC)c2OC)c(C)c1=O. The summed E-state index contributed by atoms with van der Waals surface area (Å²) in [6, 6.07) is 8.18. The molecule has 14 heteroatoms. The minimum Gasteiger partial charge on any atom is -0.491 e. The molecule has 0 spiro atoms. The predicted octanol–water partition coefficient (Wildman–Crippen LogP) is 4.14. The smallest absolute Gasteiger partial charge is 0.299 e. The van der Waals surface area contributed by atoms with Crippen LogP contribution in [0.5, 0.6) is 17.2 Å². The molecule has 0 unspecified atom stereocenters. The average Bonchev–Trinajstić information content (AvgIpc) is 3.71. The van der Waals surface area contributed by atoms with Gasteiger partial charge in [-0.05, 0) is 72.7 Å². The summed E-state index contributed by atoms with van der Waals surface area (Å²) in [7, 11) is -2.72. The normalized spacial score (nSPS) is 14.5. The average molecular weight is 689 g/mol. The Balaban J connectivity index is 1.97. The third-order valence-electron chi connectivity index (χ3n) is 5.85. The second kappa shape index (κ2) is 12.0. The van der Waals surface area contributed by atoms with E-state index in [-0.39, 0.29) is 52.3 Å². The van der Waals surface area contributed by atoms with E-state index in [1.807, 2.05) is 22.6 Å². The molecule has 3 aromatic rings. The maximum Gasteiger partial charge on any atom is 0.299 e. The van der Waals surface area contributed by atoms with Gasteiger partial charge in [-0.15, -0.1) is 0 Å². The summed E-state index contributed by atoms with van der Waals surface area (Å²) in [6.45, 7) is -0.0855. The summed E-state index contributed by atoms with van der Waals surface area (Å²) in [4.78, 5) is 27.3. The molecule has 1 aromatic heterocycles. The molecule has 1 saturated carbocycles. The van der Waals surface area contributed by atoms with Gasteiger partial charge in [-0.3, -0.25) is 18.9 Å². The first-order chi connectivity index (χ1) is 20.2. The van der Waals surface area contributed by atoms with Crippen LogP contribution >= 0.6 is 22.6 Å². The van der Waals surface area contributed by atoms with Gasteiger partial charge in [0, 0.05) is 27.2 Å². The largest absolute Gasteiger partial charge is 0.491 e. The number of rotatable bonds is 11. The van der Waals surface area contributed by atoms with Crippen molar-refractivity contribution in [2.45, 2.75) is 32.7 Å². The van der Waals surface area contributed by atoms with Gasteiger partial charge in [-0.1, -0.05) is 13.0 Å². The van der Waals surface area contributed by atoms with Gasteiger partial charge >= 0.3 is 0 Å². The number of carbonyl (C=O) groups is 1. The number of anilines is 3. The van der Waals surface area contributed by atoms with Crippen molar-refractivity contribution < 1.29 is 31.2 Å². The number of amides is 1. The lowest BCUT2D eigenvalue weighted by atomic mass is 10.1. The van der Waals surface area contributed by atoms with E-state index in [1.54, 1.807) is 13.0 Å². The van der Waals surface area contributed by atoms with Crippen molar-refractivity contribution in [3.8, 4) is 17.2 Å². The van der Waals surface area contributed by atoms with Crippen molar-refractivity contribution in [1.29, 1.82) is 0 Å². The molecule has 40 heavy (non-hydrogen) atoms. The van der Waals surface area contributed by atoms with Gasteiger partial charge in [0.1, 0.15) is 17.2 Å². The first kappa shape index (κ1) is 25.6. The van der Waals surface area contributed by atoms with Crippen LogP contribution in [0.25, 0.3) is 0 Å². The summed E-state index contributed by atoms with van der Waals surface area (Å²) in [5.41, 5.74) is -1.86. The molecule has 0 atom stereocenters. The molecular formula is C26H29FIN5O6S. The van der Waals surface area contributed by atoms with Crippen LogP contribution in [0.1, 0.15) is 39.8 Å². The Morgan fingerprint density at radius 2 is 1.98 bits per heavy atom. The van der Waals surface area contributed by atoms with Gasteiger partial charge < -0.3 is 20.1 Å². The third-order valence-corrected chi connectivity index (χ3v) is 7.68. The first-order valence-corrected chi connectivity index (χ1v) is 14.7. The number of para-hydroxylation sites is 1. The van der Waals surface area contributed by atoms with Crippen molar-refractivity contribution in [2.24, 2.45) is 6.98 Å². The number of benzene rings is 2. The second-order valence-corrected chi connectivity index (χ2v) is 11.6. The number of nitrogens with one attached hydrogen (secondary N) is 4. The highest BCUT2D eigenvalue weighted by atomic mass is 127. The molecule has 0 bridgehead atoms. The zero-order valence-corrected chi connectivity index (χ0v) is 24.7. The van der Waals surface area contributed by atoms with Crippen LogP contribution in [0.2, 0.25) is 0 Å². The molecular weight excluding hydrogens is 656 g/mol. The van der Waals surface area contributed by atoms with E-state index in [0.29, 0.717) is 21.0 Å². The number of nitrogens with zero attached hydrogens (tertiary/aromatic N) is 1. The fourth-order valence-electron chi connectivity index (χ4n) is 3.80. The highest BCUT2D eigenvalue weighted by Gasteiger charge is 2.31. The minimum atomic E-state index is -3.98. The number of methoxy groups -OCH3 is 1. The van der Waals surface area contributed by atoms with E-state index in [0.717, 1.165) is 0 Å². The standard InChI is InChI=1S/C26H29FIN5O6S/c1-5-29-40(36,37)32-19-7-6-8-20(23(19)38-4)39-22-14(2)26(35)33(3)24(21(22)25(34)30-16-10-11-16)31-18-12-9-15(28)13-17(18)27/h6-9,12-13,16,29,31-32H,5,10-11H2,1-4H3,(H,30,34)/i3D3. The molecule has 4 N–H and O–H groups in total. The van der Waals surface area contributed by atoms with E-state index in [9.17, 15) is 22.4 Å². The molecule has 2 aromatic carbocycles. The van der Waals surface area contributed by atoms with Gasteiger partial charge in [0.15, 0.2) is 17.2 Å². The molecule has 1 heterocycles. The number of carbonyl (C=O) groups excluding carboxylic acids is 1. The topological polar surface area (TPSA) is 140 Å². The number of hydrogen-bond acceptors (Lipinski definition) is 7. The van der Waals surface area contributed by atoms with Crippen LogP contribution in [0.15, 0.2) is 41.2 Å². The summed E-state index contributed by atoms with van der Waals surface area (Å²) >= 11 is 1.90. The number of aromatic nitrogens is 1. The Labute approximate surface area is 249 Å². The fourth-order valence-corrected chi connectivity index (χ4v) is 5.16. The lowest BCUT2D eigenvalue weighted by Gasteiger charge is -2.22. The second-order valence-electron chi connectivity index (χ2n) is 8.86. The molecule has 0 aliphatic heterocycles. The summed E-state index contributed by atoms with van der Waals surface area (Å²) in [6.07, 6.45) is 1.38. The molecule has 214 valence electrons. The van der Waals surface area contributed by atoms with Crippen LogP contribution in [0.3, 0.4) is 0 Å². The molecule has 1 amide bonds. The van der Waals surface area contributed by atoms with Crippen LogP contribution in [0, 0.1) is 16.3 Å². The number of halogens is 2. The third kappa shape index (κ3) is 6.50. The molecule has 1 fully saturated rings.